The highest BCUT2D eigenvalue weighted by Gasteiger charge is 2.70. The van der Waals surface area contributed by atoms with E-state index >= 15 is 0 Å². The Bertz CT molecular complexity index is 829. The van der Waals surface area contributed by atoms with Gasteiger partial charge in [-0.2, -0.15) is 0 Å². The van der Waals surface area contributed by atoms with Gasteiger partial charge >= 0.3 is 0 Å². The number of carbonyl (C=O) groups is 2. The van der Waals surface area contributed by atoms with Crippen LogP contribution in [0, 0.1) is 22.0 Å². The van der Waals surface area contributed by atoms with E-state index in [4.69, 9.17) is 9.47 Å². The Morgan fingerprint density at radius 3 is 2.20 bits per heavy atom. The van der Waals surface area contributed by atoms with Crippen molar-refractivity contribution < 1.29 is 24.0 Å². The van der Waals surface area contributed by atoms with E-state index in [1.807, 2.05) is 0 Å². The zero-order chi connectivity index (χ0) is 18.1. The Morgan fingerprint density at radius 2 is 1.72 bits per heavy atom. The lowest BCUT2D eigenvalue weighted by Crippen LogP contribution is -2.39. The summed E-state index contributed by atoms with van der Waals surface area (Å²) < 4.78 is 10.9. The molecule has 4 rings (SSSR count). The quantitative estimate of drug-likeness (QED) is 0.359. The lowest BCUT2D eigenvalue weighted by Gasteiger charge is -2.25. The summed E-state index contributed by atoms with van der Waals surface area (Å²) in [5.41, 5.74) is -2.14. The Labute approximate surface area is 143 Å². The summed E-state index contributed by atoms with van der Waals surface area (Å²) in [5, 5.41) is 11.4. The van der Waals surface area contributed by atoms with Gasteiger partial charge in [-0.05, 0) is 26.0 Å². The molecule has 4 atom stereocenters. The number of hydrogen-bond donors (Lipinski definition) is 0. The maximum absolute atomic E-state index is 13.0. The molecule has 2 bridgehead atoms. The van der Waals surface area contributed by atoms with E-state index in [0.717, 1.165) is 4.90 Å². The van der Waals surface area contributed by atoms with Gasteiger partial charge in [0.15, 0.2) is 0 Å². The van der Waals surface area contributed by atoms with Crippen LogP contribution in [-0.2, 0) is 14.3 Å². The molecule has 2 fully saturated rings. The van der Waals surface area contributed by atoms with Crippen LogP contribution in [0.4, 0.5) is 11.4 Å². The van der Waals surface area contributed by atoms with Gasteiger partial charge in [-0.1, -0.05) is 12.2 Å². The standard InChI is InChI=1S/C17H16N2O6/c1-16-6-7-17(2,25-16)13-12(16)14(20)18(15(13)21)10-5-4-9(24-3)8-11(10)19(22)23/h4-8,12-13H,1-3H3/t12-,13-,16-,17+/m1/s1. The molecule has 0 radical (unpaired) electrons. The highest BCUT2D eigenvalue weighted by Crippen LogP contribution is 2.58. The summed E-state index contributed by atoms with van der Waals surface area (Å²) >= 11 is 0. The third kappa shape index (κ3) is 1.85. The fraction of sp³-hybridized carbons (Fsp3) is 0.412. The second-order valence-electron chi connectivity index (χ2n) is 6.88. The van der Waals surface area contributed by atoms with Crippen molar-refractivity contribution >= 4 is 23.2 Å². The van der Waals surface area contributed by atoms with Crippen molar-refractivity contribution in [2.75, 3.05) is 12.0 Å². The van der Waals surface area contributed by atoms with Crippen LogP contribution >= 0.6 is 0 Å². The number of hydrogen-bond acceptors (Lipinski definition) is 6. The minimum atomic E-state index is -0.873. The third-order valence-corrected chi connectivity index (χ3v) is 5.35. The van der Waals surface area contributed by atoms with Crippen molar-refractivity contribution in [3.8, 4) is 5.75 Å². The second kappa shape index (κ2) is 4.66. The molecule has 0 aliphatic carbocycles. The predicted octanol–water partition coefficient (Wildman–Crippen LogP) is 1.83. The Morgan fingerprint density at radius 1 is 1.16 bits per heavy atom. The lowest BCUT2D eigenvalue weighted by molar-refractivity contribution is -0.384. The fourth-order valence-corrected chi connectivity index (χ4v) is 4.23. The van der Waals surface area contributed by atoms with Gasteiger partial charge in [-0.25, -0.2) is 4.90 Å². The number of nitro benzene ring substituents is 1. The monoisotopic (exact) mass is 344 g/mol. The topological polar surface area (TPSA) is 99.0 Å². The van der Waals surface area contributed by atoms with Gasteiger partial charge < -0.3 is 9.47 Å². The van der Waals surface area contributed by atoms with Crippen molar-refractivity contribution in [3.63, 3.8) is 0 Å². The number of amides is 2. The molecule has 1 aromatic rings. The molecule has 8 nitrogen and oxygen atoms in total. The molecule has 25 heavy (non-hydrogen) atoms. The first-order valence-electron chi connectivity index (χ1n) is 7.83. The van der Waals surface area contributed by atoms with Crippen LogP contribution in [0.25, 0.3) is 0 Å². The van der Waals surface area contributed by atoms with E-state index in [-0.39, 0.29) is 17.1 Å². The number of nitrogens with zero attached hydrogens (tertiary/aromatic N) is 2. The number of nitro groups is 1. The average Bonchev–Trinajstić information content (AvgIpc) is 3.11. The summed E-state index contributed by atoms with van der Waals surface area (Å²) in [4.78, 5) is 37.7. The van der Waals surface area contributed by atoms with E-state index in [9.17, 15) is 19.7 Å². The molecule has 8 heteroatoms. The van der Waals surface area contributed by atoms with Gasteiger partial charge in [0.2, 0.25) is 11.8 Å². The highest BCUT2D eigenvalue weighted by molar-refractivity contribution is 6.24. The van der Waals surface area contributed by atoms with Gasteiger partial charge in [-0.15, -0.1) is 0 Å². The van der Waals surface area contributed by atoms with Crippen LogP contribution in [0.1, 0.15) is 13.8 Å². The maximum atomic E-state index is 13.0. The smallest absolute Gasteiger partial charge is 0.297 e. The molecule has 3 aliphatic rings. The first-order valence-corrected chi connectivity index (χ1v) is 7.83. The summed E-state index contributed by atoms with van der Waals surface area (Å²) in [5.74, 6) is -2.04. The maximum Gasteiger partial charge on any atom is 0.297 e. The largest absolute Gasteiger partial charge is 0.496 e. The minimum Gasteiger partial charge on any atom is -0.496 e. The second-order valence-corrected chi connectivity index (χ2v) is 6.88. The number of ether oxygens (including phenoxy) is 2. The summed E-state index contributed by atoms with van der Waals surface area (Å²) in [6.45, 7) is 3.52. The van der Waals surface area contributed by atoms with E-state index in [2.05, 4.69) is 0 Å². The number of anilines is 1. The fourth-order valence-electron chi connectivity index (χ4n) is 4.23. The van der Waals surface area contributed by atoms with Crippen molar-refractivity contribution in [2.24, 2.45) is 11.8 Å². The Balaban J connectivity index is 1.83. The van der Waals surface area contributed by atoms with E-state index in [0.29, 0.717) is 0 Å². The molecule has 0 spiro atoms. The van der Waals surface area contributed by atoms with Crippen LogP contribution in [-0.4, -0.2) is 35.0 Å². The van der Waals surface area contributed by atoms with Gasteiger partial charge in [0.1, 0.15) is 11.4 Å². The van der Waals surface area contributed by atoms with Crippen LogP contribution in [0.2, 0.25) is 0 Å². The van der Waals surface area contributed by atoms with Gasteiger partial charge in [0.05, 0.1) is 41.1 Å². The third-order valence-electron chi connectivity index (χ3n) is 5.35. The Hall–Kier alpha value is -2.74. The molecule has 2 amide bonds. The number of imide groups is 1. The molecule has 0 saturated carbocycles. The molecule has 130 valence electrons. The lowest BCUT2D eigenvalue weighted by atomic mass is 9.73. The van der Waals surface area contributed by atoms with Crippen LogP contribution in [0.15, 0.2) is 30.4 Å². The number of fused-ring (bicyclic) bond motifs is 5. The number of benzene rings is 1. The van der Waals surface area contributed by atoms with Gasteiger partial charge in [-0.3, -0.25) is 19.7 Å². The predicted molar refractivity (Wildman–Crippen MR) is 86.2 cm³/mol. The summed E-state index contributed by atoms with van der Waals surface area (Å²) in [7, 11) is 1.39. The molecule has 1 aromatic carbocycles. The van der Waals surface area contributed by atoms with E-state index < -0.39 is 39.8 Å². The normalized spacial score (nSPS) is 35.4. The molecule has 3 aliphatic heterocycles. The number of rotatable bonds is 3. The average molecular weight is 344 g/mol. The van der Waals surface area contributed by atoms with Crippen molar-refractivity contribution in [1.29, 1.82) is 0 Å². The summed E-state index contributed by atoms with van der Waals surface area (Å²) in [6.07, 6.45) is 3.59. The molecular weight excluding hydrogens is 328 g/mol. The first-order chi connectivity index (χ1) is 11.7. The van der Waals surface area contributed by atoms with E-state index in [1.54, 1.807) is 26.0 Å². The van der Waals surface area contributed by atoms with Crippen LogP contribution < -0.4 is 9.64 Å². The van der Waals surface area contributed by atoms with Crippen molar-refractivity contribution in [1.82, 2.24) is 0 Å². The van der Waals surface area contributed by atoms with Crippen LogP contribution in [0.3, 0.4) is 0 Å². The van der Waals surface area contributed by atoms with Crippen LogP contribution in [0.5, 0.6) is 5.75 Å². The van der Waals surface area contributed by atoms with E-state index in [1.165, 1.54) is 25.3 Å². The Kier molecular flexibility index (Phi) is 2.94. The molecular formula is C17H16N2O6. The highest BCUT2D eigenvalue weighted by atomic mass is 16.6. The number of methoxy groups -OCH3 is 1. The molecule has 0 N–H and O–H groups in total. The molecule has 2 saturated heterocycles. The van der Waals surface area contributed by atoms with Crippen molar-refractivity contribution in [3.05, 3.63) is 40.5 Å². The SMILES string of the molecule is COc1ccc(N2C(=O)[C@H]3[C@H](C2=O)[C@]2(C)C=C[C@@]3(C)O2)c([N+](=O)[O-])c1. The van der Waals surface area contributed by atoms with Gasteiger partial charge in [0.25, 0.3) is 5.69 Å². The molecule has 3 heterocycles. The summed E-state index contributed by atoms with van der Waals surface area (Å²) in [6, 6.07) is 4.06. The number of carbonyl (C=O) groups excluding carboxylic acids is 2. The molecule has 0 aromatic heterocycles. The van der Waals surface area contributed by atoms with Crippen molar-refractivity contribution in [2.45, 2.75) is 25.0 Å². The van der Waals surface area contributed by atoms with Gasteiger partial charge in [0, 0.05) is 0 Å². The minimum absolute atomic E-state index is 0.0400. The molecule has 0 unspecified atom stereocenters. The zero-order valence-corrected chi connectivity index (χ0v) is 13.9. The first kappa shape index (κ1) is 15.8. The zero-order valence-electron chi connectivity index (χ0n) is 13.9.